The molecule has 23 heavy (non-hydrogen) atoms. The van der Waals surface area contributed by atoms with E-state index >= 15 is 0 Å². The van der Waals surface area contributed by atoms with Gasteiger partial charge in [0.2, 0.25) is 0 Å². The van der Waals surface area contributed by atoms with E-state index in [0.29, 0.717) is 5.92 Å². The molecule has 1 aromatic rings. The van der Waals surface area contributed by atoms with Crippen LogP contribution < -0.4 is 0 Å². The van der Waals surface area contributed by atoms with Crippen molar-refractivity contribution in [1.29, 1.82) is 5.26 Å². The Morgan fingerprint density at radius 1 is 1.09 bits per heavy atom. The summed E-state index contributed by atoms with van der Waals surface area (Å²) in [7, 11) is 0. The molecule has 1 saturated heterocycles. The van der Waals surface area contributed by atoms with E-state index in [2.05, 4.69) is 26.0 Å². The Kier molecular flexibility index (Phi) is 7.58. The zero-order chi connectivity index (χ0) is 16.5. The highest BCUT2D eigenvalue weighted by Gasteiger charge is 2.23. The van der Waals surface area contributed by atoms with Crippen LogP contribution in [-0.2, 0) is 15.9 Å². The molecule has 3 heteroatoms. The van der Waals surface area contributed by atoms with E-state index < -0.39 is 0 Å². The third-order valence-corrected chi connectivity index (χ3v) is 4.51. The SMILES string of the molecule is CCCCCC1COC(c2ccc(CCCC)c(C#N)c2)OC1. The predicted molar refractivity (Wildman–Crippen MR) is 92.0 cm³/mol. The van der Waals surface area contributed by atoms with Gasteiger partial charge in [0.25, 0.3) is 0 Å². The number of nitrogens with zero attached hydrogens (tertiary/aromatic N) is 1. The van der Waals surface area contributed by atoms with Gasteiger partial charge in [0, 0.05) is 11.5 Å². The summed E-state index contributed by atoms with van der Waals surface area (Å²) in [6.45, 7) is 5.91. The molecule has 0 aliphatic carbocycles. The monoisotopic (exact) mass is 315 g/mol. The molecule has 0 atom stereocenters. The molecule has 1 aliphatic heterocycles. The summed E-state index contributed by atoms with van der Waals surface area (Å²) < 4.78 is 11.8. The fourth-order valence-electron chi connectivity index (χ4n) is 3.02. The van der Waals surface area contributed by atoms with E-state index in [1.807, 2.05) is 12.1 Å². The lowest BCUT2D eigenvalue weighted by Gasteiger charge is -2.30. The number of nitriles is 1. The molecule has 1 aliphatic rings. The molecule has 1 fully saturated rings. The highest BCUT2D eigenvalue weighted by atomic mass is 16.7. The van der Waals surface area contributed by atoms with Gasteiger partial charge in [-0.1, -0.05) is 51.7 Å². The summed E-state index contributed by atoms with van der Waals surface area (Å²) >= 11 is 0. The van der Waals surface area contributed by atoms with Crippen molar-refractivity contribution in [2.75, 3.05) is 13.2 Å². The maximum Gasteiger partial charge on any atom is 0.183 e. The maximum absolute atomic E-state index is 9.37. The highest BCUT2D eigenvalue weighted by Crippen LogP contribution is 2.28. The first-order chi connectivity index (χ1) is 11.3. The molecule has 0 aromatic heterocycles. The third-order valence-electron chi connectivity index (χ3n) is 4.51. The standard InChI is InChI=1S/C20H29NO2/c1-3-5-7-8-16-14-22-20(23-15-16)18-11-10-17(9-6-4-2)19(12-18)13-21/h10-12,16,20H,3-9,14-15H2,1-2H3. The Morgan fingerprint density at radius 3 is 2.48 bits per heavy atom. The zero-order valence-corrected chi connectivity index (χ0v) is 14.5. The molecule has 0 saturated carbocycles. The Hall–Kier alpha value is -1.37. The van der Waals surface area contributed by atoms with Crippen LogP contribution in [0.4, 0.5) is 0 Å². The van der Waals surface area contributed by atoms with E-state index in [4.69, 9.17) is 9.47 Å². The second-order valence-corrected chi connectivity index (χ2v) is 6.49. The Morgan fingerprint density at radius 2 is 1.83 bits per heavy atom. The molecule has 126 valence electrons. The first-order valence-electron chi connectivity index (χ1n) is 9.04. The lowest BCUT2D eigenvalue weighted by atomic mass is 9.99. The average molecular weight is 315 g/mol. The smallest absolute Gasteiger partial charge is 0.183 e. The topological polar surface area (TPSA) is 42.2 Å². The van der Waals surface area contributed by atoms with Crippen molar-refractivity contribution in [1.82, 2.24) is 0 Å². The summed E-state index contributed by atoms with van der Waals surface area (Å²) in [5.41, 5.74) is 2.85. The minimum Gasteiger partial charge on any atom is -0.348 e. The van der Waals surface area contributed by atoms with E-state index in [0.717, 1.165) is 49.2 Å². The fraction of sp³-hybridized carbons (Fsp3) is 0.650. The quantitative estimate of drug-likeness (QED) is 0.624. The second-order valence-electron chi connectivity index (χ2n) is 6.49. The van der Waals surface area contributed by atoms with Crippen molar-refractivity contribution in [3.05, 3.63) is 34.9 Å². The van der Waals surface area contributed by atoms with Crippen LogP contribution >= 0.6 is 0 Å². The molecule has 1 heterocycles. The molecule has 0 unspecified atom stereocenters. The molecule has 0 spiro atoms. The zero-order valence-electron chi connectivity index (χ0n) is 14.5. The first-order valence-corrected chi connectivity index (χ1v) is 9.04. The number of hydrogen-bond acceptors (Lipinski definition) is 3. The van der Waals surface area contributed by atoms with Gasteiger partial charge in [0.05, 0.1) is 24.8 Å². The molecule has 3 nitrogen and oxygen atoms in total. The van der Waals surface area contributed by atoms with E-state index in [1.54, 1.807) is 0 Å². The van der Waals surface area contributed by atoms with Crippen LogP contribution in [0.5, 0.6) is 0 Å². The molecule has 0 radical (unpaired) electrons. The number of rotatable bonds is 8. The summed E-state index contributed by atoms with van der Waals surface area (Å²) in [4.78, 5) is 0. The summed E-state index contributed by atoms with van der Waals surface area (Å²) in [6, 6.07) is 8.36. The molecule has 1 aromatic carbocycles. The maximum atomic E-state index is 9.37. The lowest BCUT2D eigenvalue weighted by molar-refractivity contribution is -0.206. The molecule has 2 rings (SSSR count). The van der Waals surface area contributed by atoms with Gasteiger partial charge in [0.1, 0.15) is 0 Å². The van der Waals surface area contributed by atoms with Crippen LogP contribution in [0.1, 0.15) is 75.4 Å². The van der Waals surface area contributed by atoms with Gasteiger partial charge in [0.15, 0.2) is 6.29 Å². The Balaban J connectivity index is 1.91. The Bertz CT molecular complexity index is 513. The number of unbranched alkanes of at least 4 members (excludes halogenated alkanes) is 3. The summed E-state index contributed by atoms with van der Waals surface area (Å²) in [5, 5.41) is 9.37. The fourth-order valence-corrected chi connectivity index (χ4v) is 3.02. The van der Waals surface area contributed by atoms with Crippen molar-refractivity contribution in [3.8, 4) is 6.07 Å². The van der Waals surface area contributed by atoms with Crippen molar-refractivity contribution >= 4 is 0 Å². The first kappa shape index (κ1) is 18.0. The van der Waals surface area contributed by atoms with Crippen LogP contribution in [0.3, 0.4) is 0 Å². The molecule has 0 N–H and O–H groups in total. The van der Waals surface area contributed by atoms with Crippen molar-refractivity contribution < 1.29 is 9.47 Å². The van der Waals surface area contributed by atoms with Crippen molar-refractivity contribution in [3.63, 3.8) is 0 Å². The molecular formula is C20H29NO2. The second kappa shape index (κ2) is 9.70. The van der Waals surface area contributed by atoms with Gasteiger partial charge in [-0.2, -0.15) is 5.26 Å². The Labute approximate surface area is 140 Å². The average Bonchev–Trinajstić information content (AvgIpc) is 2.60. The molecule has 0 bridgehead atoms. The lowest BCUT2D eigenvalue weighted by Crippen LogP contribution is -2.27. The normalized spacial score (nSPS) is 21.1. The summed E-state index contributed by atoms with van der Waals surface area (Å²) in [5.74, 6) is 0.511. The van der Waals surface area contributed by atoms with E-state index in [-0.39, 0.29) is 6.29 Å². The minimum atomic E-state index is -0.315. The van der Waals surface area contributed by atoms with Gasteiger partial charge >= 0.3 is 0 Å². The highest BCUT2D eigenvalue weighted by molar-refractivity contribution is 5.41. The minimum absolute atomic E-state index is 0.315. The van der Waals surface area contributed by atoms with Crippen LogP contribution in [0.2, 0.25) is 0 Å². The van der Waals surface area contributed by atoms with Crippen molar-refractivity contribution in [2.45, 2.75) is 65.1 Å². The van der Waals surface area contributed by atoms with Crippen LogP contribution in [-0.4, -0.2) is 13.2 Å². The summed E-state index contributed by atoms with van der Waals surface area (Å²) in [6.07, 6.45) is 7.87. The van der Waals surface area contributed by atoms with Gasteiger partial charge in [-0.05, 0) is 30.9 Å². The van der Waals surface area contributed by atoms with Gasteiger partial charge in [-0.25, -0.2) is 0 Å². The van der Waals surface area contributed by atoms with E-state index in [1.165, 1.54) is 25.7 Å². The number of benzene rings is 1. The van der Waals surface area contributed by atoms with Crippen LogP contribution in [0.15, 0.2) is 18.2 Å². The number of aryl methyl sites for hydroxylation is 1. The molecular weight excluding hydrogens is 286 g/mol. The van der Waals surface area contributed by atoms with Gasteiger partial charge < -0.3 is 9.47 Å². The van der Waals surface area contributed by atoms with E-state index in [9.17, 15) is 5.26 Å². The number of ether oxygens (including phenoxy) is 2. The largest absolute Gasteiger partial charge is 0.348 e. The van der Waals surface area contributed by atoms with Gasteiger partial charge in [-0.3, -0.25) is 0 Å². The van der Waals surface area contributed by atoms with Crippen LogP contribution in [0.25, 0.3) is 0 Å². The van der Waals surface area contributed by atoms with Gasteiger partial charge in [-0.15, -0.1) is 0 Å². The number of hydrogen-bond donors (Lipinski definition) is 0. The predicted octanol–water partition coefficient (Wildman–Crippen LogP) is 5.14. The van der Waals surface area contributed by atoms with Crippen molar-refractivity contribution in [2.24, 2.45) is 5.92 Å². The molecule has 0 amide bonds. The third kappa shape index (κ3) is 5.34. The van der Waals surface area contributed by atoms with Crippen LogP contribution in [0, 0.1) is 17.2 Å².